The van der Waals surface area contributed by atoms with Crippen molar-refractivity contribution in [1.29, 1.82) is 0 Å². The SMILES string of the molecule is CC(C)(C)OC(=O)NC1CCCCC/C=C\C2CC2(C(=O)NS(=O)(=O)C2CCC2)NC(=O)C2CC(Oc3nccc4ccccc34)CN2C1=O. The molecule has 1 saturated heterocycles. The highest BCUT2D eigenvalue weighted by Gasteiger charge is 2.62. The fourth-order valence-corrected chi connectivity index (χ4v) is 8.50. The predicted molar refractivity (Wildman–Crippen MR) is 185 cm³/mol. The van der Waals surface area contributed by atoms with Crippen molar-refractivity contribution in [2.75, 3.05) is 6.54 Å². The van der Waals surface area contributed by atoms with E-state index in [1.807, 2.05) is 42.5 Å². The molecular weight excluding hydrogens is 662 g/mol. The smallest absolute Gasteiger partial charge is 0.408 e. The summed E-state index contributed by atoms with van der Waals surface area (Å²) in [4.78, 5) is 61.1. The van der Waals surface area contributed by atoms with Gasteiger partial charge >= 0.3 is 6.09 Å². The second-order valence-electron chi connectivity index (χ2n) is 14.9. The largest absolute Gasteiger partial charge is 0.472 e. The highest BCUT2D eigenvalue weighted by molar-refractivity contribution is 7.90. The maximum atomic E-state index is 14.4. The van der Waals surface area contributed by atoms with Crippen LogP contribution in [0.3, 0.4) is 0 Å². The number of aromatic nitrogens is 1. The van der Waals surface area contributed by atoms with E-state index in [9.17, 15) is 27.6 Å². The molecule has 13 nitrogen and oxygen atoms in total. The molecule has 2 aliphatic carbocycles. The van der Waals surface area contributed by atoms with Crippen LogP contribution in [-0.2, 0) is 29.1 Å². The van der Waals surface area contributed by atoms with Crippen LogP contribution in [0.25, 0.3) is 10.8 Å². The Balaban J connectivity index is 1.30. The summed E-state index contributed by atoms with van der Waals surface area (Å²) in [5.74, 6) is -1.90. The number of carbonyl (C=O) groups is 4. The van der Waals surface area contributed by atoms with Crippen molar-refractivity contribution < 1.29 is 37.1 Å². The lowest BCUT2D eigenvalue weighted by molar-refractivity contribution is -0.141. The number of hydrogen-bond acceptors (Lipinski definition) is 9. The van der Waals surface area contributed by atoms with Crippen LogP contribution in [0.4, 0.5) is 4.79 Å². The molecule has 3 N–H and O–H groups in total. The summed E-state index contributed by atoms with van der Waals surface area (Å²) in [6, 6.07) is 7.40. The first-order valence-corrected chi connectivity index (χ1v) is 19.2. The summed E-state index contributed by atoms with van der Waals surface area (Å²) in [6.45, 7) is 5.22. The molecule has 6 rings (SSSR count). The molecule has 5 atom stereocenters. The Morgan fingerprint density at radius 3 is 2.56 bits per heavy atom. The number of sulfonamides is 1. The molecule has 2 aromatic rings. The Morgan fingerprint density at radius 2 is 1.82 bits per heavy atom. The van der Waals surface area contributed by atoms with Gasteiger partial charge in [-0.2, -0.15) is 0 Å². The maximum Gasteiger partial charge on any atom is 0.408 e. The van der Waals surface area contributed by atoms with Gasteiger partial charge in [-0.15, -0.1) is 0 Å². The van der Waals surface area contributed by atoms with Gasteiger partial charge in [0, 0.05) is 23.9 Å². The quantitative estimate of drug-likeness (QED) is 0.377. The lowest BCUT2D eigenvalue weighted by Gasteiger charge is -2.31. The van der Waals surface area contributed by atoms with Crippen molar-refractivity contribution in [3.05, 3.63) is 48.7 Å². The van der Waals surface area contributed by atoms with E-state index in [4.69, 9.17) is 9.47 Å². The number of ether oxygens (including phenoxy) is 2. The van der Waals surface area contributed by atoms with Crippen molar-refractivity contribution >= 4 is 44.6 Å². The standard InChI is InChI=1S/C36H47N5O8S/c1-35(2,3)49-34(45)38-28-17-8-6-4-5-7-13-24-21-36(24,33(44)40-50(46,47)26-14-11-15-26)39-30(42)29-20-25(22-41(29)32(28)43)48-31-27-16-10-9-12-23(27)18-19-37-31/h7,9-10,12-13,16,18-19,24-26,28-29H,4-6,8,11,14-15,17,20-22H2,1-3H3,(H,38,45)(H,39,42)(H,40,44)/b13-7-. The van der Waals surface area contributed by atoms with Gasteiger partial charge in [-0.05, 0) is 76.8 Å². The van der Waals surface area contributed by atoms with Crippen LogP contribution in [0.5, 0.6) is 5.88 Å². The molecule has 270 valence electrons. The molecule has 1 aromatic heterocycles. The molecule has 3 heterocycles. The number of nitrogens with one attached hydrogen (secondary N) is 3. The van der Waals surface area contributed by atoms with E-state index >= 15 is 0 Å². The van der Waals surface area contributed by atoms with E-state index in [2.05, 4.69) is 20.3 Å². The Hall–Kier alpha value is -4.20. The number of amides is 4. The number of hydrogen-bond donors (Lipinski definition) is 3. The highest BCUT2D eigenvalue weighted by Crippen LogP contribution is 2.46. The van der Waals surface area contributed by atoms with Gasteiger partial charge in [0.15, 0.2) is 0 Å². The number of carbonyl (C=O) groups excluding carboxylic acids is 4. The minimum absolute atomic E-state index is 0.0207. The molecule has 5 unspecified atom stereocenters. The van der Waals surface area contributed by atoms with Gasteiger partial charge in [-0.1, -0.05) is 49.6 Å². The molecule has 0 bridgehead atoms. The predicted octanol–water partition coefficient (Wildman–Crippen LogP) is 3.87. The lowest BCUT2D eigenvalue weighted by atomic mass is 10.0. The maximum absolute atomic E-state index is 14.4. The second kappa shape index (κ2) is 14.2. The average molecular weight is 710 g/mol. The zero-order valence-corrected chi connectivity index (χ0v) is 29.7. The van der Waals surface area contributed by atoms with E-state index < -0.39 is 74.3 Å². The van der Waals surface area contributed by atoms with Crippen LogP contribution in [0, 0.1) is 5.92 Å². The third-order valence-electron chi connectivity index (χ3n) is 9.98. The second-order valence-corrected chi connectivity index (χ2v) is 16.8. The van der Waals surface area contributed by atoms with Crippen molar-refractivity contribution in [3.8, 4) is 5.88 Å². The van der Waals surface area contributed by atoms with Crippen LogP contribution in [0.15, 0.2) is 48.7 Å². The first kappa shape index (κ1) is 35.6. The minimum Gasteiger partial charge on any atom is -0.472 e. The highest BCUT2D eigenvalue weighted by atomic mass is 32.2. The number of fused-ring (bicyclic) bond motifs is 3. The lowest BCUT2D eigenvalue weighted by Crippen LogP contribution is -2.59. The summed E-state index contributed by atoms with van der Waals surface area (Å²) in [7, 11) is -3.91. The van der Waals surface area contributed by atoms with Crippen LogP contribution in [0.2, 0.25) is 0 Å². The normalized spacial score (nSPS) is 28.5. The number of nitrogens with zero attached hydrogens (tertiary/aromatic N) is 2. The zero-order chi connectivity index (χ0) is 35.7. The zero-order valence-electron chi connectivity index (χ0n) is 28.9. The minimum atomic E-state index is -3.91. The third kappa shape index (κ3) is 7.90. The van der Waals surface area contributed by atoms with E-state index in [1.54, 1.807) is 27.0 Å². The fourth-order valence-electron chi connectivity index (χ4n) is 6.94. The molecule has 2 saturated carbocycles. The van der Waals surface area contributed by atoms with Gasteiger partial charge in [-0.25, -0.2) is 18.2 Å². The van der Waals surface area contributed by atoms with Gasteiger partial charge in [0.05, 0.1) is 11.8 Å². The van der Waals surface area contributed by atoms with Gasteiger partial charge in [-0.3, -0.25) is 19.1 Å². The summed E-state index contributed by atoms with van der Waals surface area (Å²) < 4.78 is 40.0. The van der Waals surface area contributed by atoms with E-state index in [0.717, 1.165) is 30.0 Å². The molecule has 4 amide bonds. The molecule has 0 radical (unpaired) electrons. The number of alkyl carbamates (subject to hydrolysis) is 1. The summed E-state index contributed by atoms with van der Waals surface area (Å²) in [5.41, 5.74) is -2.27. The van der Waals surface area contributed by atoms with E-state index in [1.165, 1.54) is 4.90 Å². The Morgan fingerprint density at radius 1 is 1.04 bits per heavy atom. The molecule has 2 aliphatic heterocycles. The van der Waals surface area contributed by atoms with Crippen LogP contribution < -0.4 is 20.1 Å². The molecule has 4 aliphatic rings. The topological polar surface area (TPSA) is 173 Å². The number of rotatable bonds is 6. The number of pyridine rings is 1. The fraction of sp³-hybridized carbons (Fsp3) is 0.583. The van der Waals surface area contributed by atoms with Gasteiger partial charge < -0.3 is 25.0 Å². The Kier molecular flexibility index (Phi) is 10.1. The van der Waals surface area contributed by atoms with Crippen molar-refractivity contribution in [3.63, 3.8) is 0 Å². The van der Waals surface area contributed by atoms with Gasteiger partial charge in [0.25, 0.3) is 5.91 Å². The molecule has 1 aromatic carbocycles. The monoisotopic (exact) mass is 709 g/mol. The van der Waals surface area contributed by atoms with Crippen molar-refractivity contribution in [2.45, 2.75) is 120 Å². The van der Waals surface area contributed by atoms with Crippen LogP contribution in [0.1, 0.15) is 85.0 Å². The first-order valence-electron chi connectivity index (χ1n) is 17.6. The van der Waals surface area contributed by atoms with E-state index in [0.29, 0.717) is 38.0 Å². The molecule has 14 heteroatoms. The van der Waals surface area contributed by atoms with Crippen LogP contribution in [-0.4, -0.2) is 83.2 Å². The summed E-state index contributed by atoms with van der Waals surface area (Å²) in [5, 5.41) is 6.68. The molecule has 3 fully saturated rings. The molecule has 50 heavy (non-hydrogen) atoms. The Labute approximate surface area is 293 Å². The van der Waals surface area contributed by atoms with Gasteiger partial charge in [0.1, 0.15) is 29.3 Å². The Bertz CT molecular complexity index is 1770. The summed E-state index contributed by atoms with van der Waals surface area (Å²) >= 11 is 0. The summed E-state index contributed by atoms with van der Waals surface area (Å²) in [6.07, 6.45) is 9.38. The van der Waals surface area contributed by atoms with E-state index in [-0.39, 0.29) is 19.4 Å². The average Bonchev–Trinajstić information content (AvgIpc) is 3.54. The van der Waals surface area contributed by atoms with Crippen molar-refractivity contribution in [2.24, 2.45) is 5.92 Å². The number of benzene rings is 1. The third-order valence-corrected chi connectivity index (χ3v) is 11.8. The van der Waals surface area contributed by atoms with Crippen LogP contribution >= 0.6 is 0 Å². The number of allylic oxidation sites excluding steroid dienone is 1. The van der Waals surface area contributed by atoms with Crippen molar-refractivity contribution in [1.82, 2.24) is 25.2 Å². The van der Waals surface area contributed by atoms with Gasteiger partial charge in [0.2, 0.25) is 27.7 Å². The first-order chi connectivity index (χ1) is 23.8. The molecule has 0 spiro atoms. The molecular formula is C36H47N5O8S.